The smallest absolute Gasteiger partial charge is 0.274 e. The molecule has 6 nitrogen and oxygen atoms in total. The van der Waals surface area contributed by atoms with E-state index >= 15 is 0 Å². The van der Waals surface area contributed by atoms with Crippen LogP contribution in [0.15, 0.2) is 47.3 Å². The summed E-state index contributed by atoms with van der Waals surface area (Å²) in [5, 5.41) is 4.33. The molecule has 1 aromatic heterocycles. The fourth-order valence-electron chi connectivity index (χ4n) is 3.78. The summed E-state index contributed by atoms with van der Waals surface area (Å²) >= 11 is 0. The number of amides is 1. The van der Waals surface area contributed by atoms with Crippen molar-refractivity contribution in [2.45, 2.75) is 37.8 Å². The molecule has 2 heterocycles. The highest BCUT2D eigenvalue weighted by Gasteiger charge is 2.37. The van der Waals surface area contributed by atoms with E-state index in [1.807, 2.05) is 23.1 Å². The van der Waals surface area contributed by atoms with Gasteiger partial charge in [0.05, 0.1) is 24.4 Å². The van der Waals surface area contributed by atoms with Crippen molar-refractivity contribution < 1.29 is 9.53 Å². The van der Waals surface area contributed by atoms with E-state index in [4.69, 9.17) is 4.74 Å². The van der Waals surface area contributed by atoms with E-state index in [0.717, 1.165) is 25.7 Å². The second-order valence-electron chi connectivity index (χ2n) is 6.56. The predicted octanol–water partition coefficient (Wildman–Crippen LogP) is 2.02. The number of rotatable bonds is 2. The number of para-hydroxylation sites is 1. The van der Waals surface area contributed by atoms with Crippen molar-refractivity contribution in [3.63, 3.8) is 0 Å². The minimum atomic E-state index is -0.250. The number of hydrogen-bond acceptors (Lipinski definition) is 4. The molecule has 1 saturated heterocycles. The van der Waals surface area contributed by atoms with Crippen molar-refractivity contribution in [3.8, 4) is 5.69 Å². The molecule has 1 saturated carbocycles. The second kappa shape index (κ2) is 6.80. The molecule has 0 bridgehead atoms. The minimum absolute atomic E-state index is 0.119. The van der Waals surface area contributed by atoms with E-state index in [1.165, 1.54) is 16.8 Å². The summed E-state index contributed by atoms with van der Waals surface area (Å²) in [5.41, 5.74) is 0.703. The minimum Gasteiger partial charge on any atom is -0.374 e. The highest BCUT2D eigenvalue weighted by molar-refractivity contribution is 5.92. The van der Waals surface area contributed by atoms with E-state index in [0.29, 0.717) is 24.5 Å². The fourth-order valence-corrected chi connectivity index (χ4v) is 3.78. The van der Waals surface area contributed by atoms with Gasteiger partial charge in [0.25, 0.3) is 11.5 Å². The molecule has 130 valence electrons. The lowest BCUT2D eigenvalue weighted by Gasteiger charge is -2.43. The maximum atomic E-state index is 13.0. The van der Waals surface area contributed by atoms with Gasteiger partial charge < -0.3 is 9.64 Å². The first-order valence-corrected chi connectivity index (χ1v) is 8.82. The standard InChI is InChI=1S/C19H21N3O3/c23-18-11-10-15(20-22(18)14-6-2-1-3-7-14)19(24)21-12-13-25-17-9-5-4-8-16(17)21/h1-3,6-7,10-11,16-17H,4-5,8-9,12-13H2/t16-,17-/m1/s1. The van der Waals surface area contributed by atoms with E-state index in [9.17, 15) is 9.59 Å². The maximum absolute atomic E-state index is 13.0. The van der Waals surface area contributed by atoms with Crippen LogP contribution in [0.3, 0.4) is 0 Å². The SMILES string of the molecule is O=C(c1ccc(=O)n(-c2ccccc2)n1)N1CCO[C@@H]2CCCC[C@H]21. The number of fused-ring (bicyclic) bond motifs is 1. The summed E-state index contributed by atoms with van der Waals surface area (Å²) in [5.74, 6) is -0.120. The topological polar surface area (TPSA) is 64.4 Å². The van der Waals surface area contributed by atoms with Gasteiger partial charge in [0.1, 0.15) is 5.69 Å². The van der Waals surface area contributed by atoms with E-state index in [1.54, 1.807) is 12.1 Å². The monoisotopic (exact) mass is 339 g/mol. The van der Waals surface area contributed by atoms with Crippen molar-refractivity contribution in [1.29, 1.82) is 0 Å². The summed E-state index contributed by atoms with van der Waals surface area (Å²) in [6.07, 6.45) is 4.37. The van der Waals surface area contributed by atoms with Crippen molar-refractivity contribution in [3.05, 3.63) is 58.5 Å². The van der Waals surface area contributed by atoms with Gasteiger partial charge in [0.15, 0.2) is 0 Å². The number of aromatic nitrogens is 2. The van der Waals surface area contributed by atoms with Crippen molar-refractivity contribution in [1.82, 2.24) is 14.7 Å². The molecular formula is C19H21N3O3. The molecule has 25 heavy (non-hydrogen) atoms. The Kier molecular flexibility index (Phi) is 4.36. The molecule has 0 unspecified atom stereocenters. The summed E-state index contributed by atoms with van der Waals surface area (Å²) in [6.45, 7) is 1.14. The molecule has 1 aromatic carbocycles. The molecule has 1 aliphatic heterocycles. The van der Waals surface area contributed by atoms with Crippen molar-refractivity contribution in [2.75, 3.05) is 13.2 Å². The van der Waals surface area contributed by atoms with Crippen LogP contribution in [0.2, 0.25) is 0 Å². The highest BCUT2D eigenvalue weighted by Crippen LogP contribution is 2.29. The molecule has 1 amide bonds. The fraction of sp³-hybridized carbons (Fsp3) is 0.421. The number of ether oxygens (including phenoxy) is 1. The lowest BCUT2D eigenvalue weighted by Crippen LogP contribution is -2.55. The first-order chi connectivity index (χ1) is 12.2. The zero-order valence-electron chi connectivity index (χ0n) is 14.0. The maximum Gasteiger partial charge on any atom is 0.274 e. The molecule has 2 atom stereocenters. The van der Waals surface area contributed by atoms with Gasteiger partial charge in [0, 0.05) is 12.6 Å². The van der Waals surface area contributed by atoms with Crippen LogP contribution in [-0.2, 0) is 4.74 Å². The van der Waals surface area contributed by atoms with Gasteiger partial charge in [-0.2, -0.15) is 9.78 Å². The van der Waals surface area contributed by atoms with Crippen molar-refractivity contribution in [2.24, 2.45) is 0 Å². The molecule has 2 fully saturated rings. The Bertz CT molecular complexity index is 816. The lowest BCUT2D eigenvalue weighted by molar-refractivity contribution is -0.0754. The van der Waals surface area contributed by atoms with Crippen LogP contribution in [0.5, 0.6) is 0 Å². The Labute approximate surface area is 146 Å². The van der Waals surface area contributed by atoms with E-state index < -0.39 is 0 Å². The number of carbonyl (C=O) groups is 1. The van der Waals surface area contributed by atoms with Crippen LogP contribution in [0.25, 0.3) is 5.69 Å². The number of carbonyl (C=O) groups excluding carboxylic acids is 1. The molecule has 2 aliphatic rings. The molecule has 1 aliphatic carbocycles. The first kappa shape index (κ1) is 16.0. The van der Waals surface area contributed by atoms with Crippen LogP contribution in [-0.4, -0.2) is 45.9 Å². The Morgan fingerprint density at radius 1 is 1.08 bits per heavy atom. The van der Waals surface area contributed by atoms with Crippen LogP contribution < -0.4 is 5.56 Å². The number of hydrogen-bond donors (Lipinski definition) is 0. The van der Waals surface area contributed by atoms with Gasteiger partial charge in [-0.1, -0.05) is 31.0 Å². The largest absolute Gasteiger partial charge is 0.374 e. The van der Waals surface area contributed by atoms with Crippen molar-refractivity contribution >= 4 is 5.91 Å². The molecule has 0 spiro atoms. The molecule has 0 N–H and O–H groups in total. The van der Waals surface area contributed by atoms with Crippen LogP contribution in [0.1, 0.15) is 36.2 Å². The first-order valence-electron chi connectivity index (χ1n) is 8.82. The average Bonchev–Trinajstić information content (AvgIpc) is 2.68. The zero-order valence-corrected chi connectivity index (χ0v) is 14.0. The molecule has 0 radical (unpaired) electrons. The second-order valence-corrected chi connectivity index (χ2v) is 6.56. The number of benzene rings is 1. The summed E-state index contributed by atoms with van der Waals surface area (Å²) < 4.78 is 7.12. The predicted molar refractivity (Wildman–Crippen MR) is 92.9 cm³/mol. The Balaban J connectivity index is 1.65. The van der Waals surface area contributed by atoms with Gasteiger partial charge in [0.2, 0.25) is 0 Å². The van der Waals surface area contributed by atoms with Crippen LogP contribution >= 0.6 is 0 Å². The third-order valence-electron chi connectivity index (χ3n) is 5.01. The third-order valence-corrected chi connectivity index (χ3v) is 5.01. The lowest BCUT2D eigenvalue weighted by atomic mass is 9.90. The van der Waals surface area contributed by atoms with Gasteiger partial charge >= 0.3 is 0 Å². The van der Waals surface area contributed by atoms with E-state index in [-0.39, 0.29) is 23.6 Å². The average molecular weight is 339 g/mol. The Hall–Kier alpha value is -2.47. The van der Waals surface area contributed by atoms with Crippen LogP contribution in [0, 0.1) is 0 Å². The quantitative estimate of drug-likeness (QED) is 0.840. The number of morpholine rings is 1. The summed E-state index contributed by atoms with van der Waals surface area (Å²) in [7, 11) is 0. The normalized spacial score (nSPS) is 23.1. The summed E-state index contributed by atoms with van der Waals surface area (Å²) in [4.78, 5) is 27.1. The van der Waals surface area contributed by atoms with E-state index in [2.05, 4.69) is 5.10 Å². The molecular weight excluding hydrogens is 318 g/mol. The molecule has 6 heteroatoms. The molecule has 4 rings (SSSR count). The van der Waals surface area contributed by atoms with Gasteiger partial charge in [-0.05, 0) is 31.0 Å². The Morgan fingerprint density at radius 3 is 2.72 bits per heavy atom. The summed E-state index contributed by atoms with van der Waals surface area (Å²) in [6, 6.07) is 12.2. The third kappa shape index (κ3) is 3.09. The van der Waals surface area contributed by atoms with Crippen LogP contribution in [0.4, 0.5) is 0 Å². The van der Waals surface area contributed by atoms with Gasteiger partial charge in [-0.15, -0.1) is 0 Å². The molecule has 2 aromatic rings. The number of nitrogens with zero attached hydrogens (tertiary/aromatic N) is 3. The van der Waals surface area contributed by atoms with Gasteiger partial charge in [-0.25, -0.2) is 0 Å². The Morgan fingerprint density at radius 2 is 1.88 bits per heavy atom. The highest BCUT2D eigenvalue weighted by atomic mass is 16.5. The zero-order chi connectivity index (χ0) is 17.2. The van der Waals surface area contributed by atoms with Gasteiger partial charge in [-0.3, -0.25) is 9.59 Å².